The third kappa shape index (κ3) is 3.41. The number of sulfone groups is 1. The molecule has 0 amide bonds. The highest BCUT2D eigenvalue weighted by Crippen LogP contribution is 2.34. The van der Waals surface area contributed by atoms with Gasteiger partial charge in [0.2, 0.25) is 0 Å². The van der Waals surface area contributed by atoms with Crippen LogP contribution >= 0.6 is 0 Å². The van der Waals surface area contributed by atoms with Crippen LogP contribution in [0.5, 0.6) is 0 Å². The fourth-order valence-electron chi connectivity index (χ4n) is 1.44. The molecule has 0 aliphatic heterocycles. The minimum Gasteiger partial charge on any atom is -0.381 e. The maximum Gasteiger partial charge on any atom is 0.501 e. The van der Waals surface area contributed by atoms with Crippen molar-refractivity contribution in [3.05, 3.63) is 24.3 Å². The van der Waals surface area contributed by atoms with Crippen LogP contribution < -0.4 is 5.32 Å². The summed E-state index contributed by atoms with van der Waals surface area (Å²) >= 11 is 0. The van der Waals surface area contributed by atoms with Crippen LogP contribution in [-0.2, 0) is 9.84 Å². The highest BCUT2D eigenvalue weighted by molar-refractivity contribution is 7.92. The predicted octanol–water partition coefficient (Wildman–Crippen LogP) is 2.80. The Hall–Kier alpha value is -1.68. The molecule has 104 valence electrons. The van der Waals surface area contributed by atoms with Gasteiger partial charge in [0.15, 0.2) is 0 Å². The minimum atomic E-state index is -5.38. The first-order valence-corrected chi connectivity index (χ1v) is 6.79. The molecule has 7 heteroatoms. The first-order valence-electron chi connectivity index (χ1n) is 5.30. The summed E-state index contributed by atoms with van der Waals surface area (Å²) in [5.41, 5.74) is -5.44. The van der Waals surface area contributed by atoms with Crippen molar-refractivity contribution in [2.45, 2.75) is 29.8 Å². The molecule has 1 aromatic carbocycles. The third-order valence-electron chi connectivity index (χ3n) is 2.31. The Morgan fingerprint density at radius 2 is 1.95 bits per heavy atom. The first kappa shape index (κ1) is 15.4. The summed E-state index contributed by atoms with van der Waals surface area (Å²) in [5, 5.41) is 2.67. The molecular weight excluding hydrogens is 279 g/mol. The molecule has 1 unspecified atom stereocenters. The van der Waals surface area contributed by atoms with Gasteiger partial charge in [-0.1, -0.05) is 12.1 Å². The van der Waals surface area contributed by atoms with Crippen molar-refractivity contribution in [3.63, 3.8) is 0 Å². The molecule has 0 saturated heterocycles. The molecule has 1 rings (SSSR count). The van der Waals surface area contributed by atoms with Crippen molar-refractivity contribution in [1.82, 2.24) is 0 Å². The summed E-state index contributed by atoms with van der Waals surface area (Å²) in [6.45, 7) is 1.65. The number of nitrogens with one attached hydrogen (secondary N) is 1. The number of hydrogen-bond acceptors (Lipinski definition) is 3. The molecule has 19 heavy (non-hydrogen) atoms. The fraction of sp³-hybridized carbons (Fsp3) is 0.333. The summed E-state index contributed by atoms with van der Waals surface area (Å²) in [5.74, 6) is 2.34. The third-order valence-corrected chi connectivity index (χ3v) is 3.85. The molecule has 0 saturated carbocycles. The average Bonchev–Trinajstić information content (AvgIpc) is 2.28. The van der Waals surface area contributed by atoms with E-state index in [4.69, 9.17) is 6.42 Å². The second-order valence-corrected chi connectivity index (χ2v) is 5.81. The van der Waals surface area contributed by atoms with Gasteiger partial charge in [-0.2, -0.15) is 13.2 Å². The number of hydrogen-bond donors (Lipinski definition) is 1. The van der Waals surface area contributed by atoms with Crippen molar-refractivity contribution in [2.75, 3.05) is 5.32 Å². The van der Waals surface area contributed by atoms with E-state index >= 15 is 0 Å². The lowest BCUT2D eigenvalue weighted by Gasteiger charge is -2.17. The standard InChI is InChI=1S/C12H12F3NO2S/c1-3-6-9(2)16-10-7-4-5-8-11(10)19(17,18)12(13,14)15/h1,4-5,7-9,16H,6H2,2H3. The SMILES string of the molecule is C#CCC(C)Nc1ccccc1S(=O)(=O)C(F)(F)F. The van der Waals surface area contributed by atoms with Crippen LogP contribution in [0.1, 0.15) is 13.3 Å². The number of halogens is 3. The van der Waals surface area contributed by atoms with Crippen LogP contribution in [0.4, 0.5) is 18.9 Å². The van der Waals surface area contributed by atoms with Gasteiger partial charge in [0.05, 0.1) is 10.6 Å². The van der Waals surface area contributed by atoms with E-state index in [9.17, 15) is 21.6 Å². The average molecular weight is 291 g/mol. The van der Waals surface area contributed by atoms with E-state index < -0.39 is 20.2 Å². The van der Waals surface area contributed by atoms with Crippen molar-refractivity contribution < 1.29 is 21.6 Å². The molecule has 0 spiro atoms. The fourth-order valence-corrected chi connectivity index (χ4v) is 2.36. The Morgan fingerprint density at radius 1 is 1.37 bits per heavy atom. The summed E-state index contributed by atoms with van der Waals surface area (Å²) in [7, 11) is -5.38. The molecule has 0 aromatic heterocycles. The van der Waals surface area contributed by atoms with Crippen LogP contribution in [0, 0.1) is 12.3 Å². The lowest BCUT2D eigenvalue weighted by Crippen LogP contribution is -2.25. The summed E-state index contributed by atoms with van der Waals surface area (Å²) in [6, 6.07) is 4.52. The zero-order chi connectivity index (χ0) is 14.7. The Labute approximate surface area is 109 Å². The molecular formula is C12H12F3NO2S. The topological polar surface area (TPSA) is 46.2 Å². The highest BCUT2D eigenvalue weighted by atomic mass is 32.2. The Kier molecular flexibility index (Phi) is 4.48. The Balaban J connectivity index is 3.22. The molecule has 1 N–H and O–H groups in total. The molecule has 3 nitrogen and oxygen atoms in total. The maximum atomic E-state index is 12.5. The molecule has 0 aliphatic rings. The van der Waals surface area contributed by atoms with Crippen LogP contribution in [0.3, 0.4) is 0 Å². The van der Waals surface area contributed by atoms with Gasteiger partial charge in [-0.25, -0.2) is 8.42 Å². The smallest absolute Gasteiger partial charge is 0.381 e. The molecule has 0 aliphatic carbocycles. The molecule has 0 heterocycles. The zero-order valence-electron chi connectivity index (χ0n) is 10.0. The van der Waals surface area contributed by atoms with Gasteiger partial charge in [-0.3, -0.25) is 0 Å². The molecule has 1 atom stereocenters. The van der Waals surface area contributed by atoms with E-state index in [1.807, 2.05) is 0 Å². The highest BCUT2D eigenvalue weighted by Gasteiger charge is 2.47. The largest absolute Gasteiger partial charge is 0.501 e. The van der Waals surface area contributed by atoms with Gasteiger partial charge in [0.1, 0.15) is 0 Å². The zero-order valence-corrected chi connectivity index (χ0v) is 10.8. The van der Waals surface area contributed by atoms with E-state index in [0.29, 0.717) is 0 Å². The number of benzene rings is 1. The van der Waals surface area contributed by atoms with Gasteiger partial charge in [0, 0.05) is 12.5 Å². The van der Waals surface area contributed by atoms with Gasteiger partial charge >= 0.3 is 5.51 Å². The van der Waals surface area contributed by atoms with E-state index in [0.717, 1.165) is 6.07 Å². The summed E-state index contributed by atoms with van der Waals surface area (Å²) < 4.78 is 60.4. The van der Waals surface area contributed by atoms with Crippen molar-refractivity contribution in [1.29, 1.82) is 0 Å². The number of para-hydroxylation sites is 1. The normalized spacial score (nSPS) is 13.6. The molecule has 0 radical (unpaired) electrons. The van der Waals surface area contributed by atoms with Crippen molar-refractivity contribution in [2.24, 2.45) is 0 Å². The lowest BCUT2D eigenvalue weighted by atomic mass is 10.2. The van der Waals surface area contributed by atoms with Gasteiger partial charge in [-0.05, 0) is 19.1 Å². The summed E-state index contributed by atoms with van der Waals surface area (Å²) in [4.78, 5) is -0.800. The second kappa shape index (κ2) is 5.53. The number of terminal acetylenes is 1. The monoisotopic (exact) mass is 291 g/mol. The van der Waals surface area contributed by atoms with Gasteiger partial charge in [-0.15, -0.1) is 12.3 Å². The Bertz CT molecular complexity index is 588. The Morgan fingerprint density at radius 3 is 2.47 bits per heavy atom. The van der Waals surface area contributed by atoms with Crippen LogP contribution in [0.25, 0.3) is 0 Å². The predicted molar refractivity (Wildman–Crippen MR) is 66.2 cm³/mol. The minimum absolute atomic E-state index is 0.109. The quantitative estimate of drug-likeness (QED) is 0.868. The number of anilines is 1. The molecule has 1 aromatic rings. The van der Waals surface area contributed by atoms with E-state index in [1.165, 1.54) is 18.2 Å². The first-order chi connectivity index (χ1) is 8.70. The maximum absolute atomic E-state index is 12.5. The van der Waals surface area contributed by atoms with Gasteiger partial charge in [0.25, 0.3) is 9.84 Å². The van der Waals surface area contributed by atoms with Crippen LogP contribution in [0.15, 0.2) is 29.2 Å². The van der Waals surface area contributed by atoms with E-state index in [1.54, 1.807) is 6.92 Å². The summed E-state index contributed by atoms with van der Waals surface area (Å²) in [6.07, 6.45) is 5.35. The van der Waals surface area contributed by atoms with Gasteiger partial charge < -0.3 is 5.32 Å². The van der Waals surface area contributed by atoms with E-state index in [-0.39, 0.29) is 18.2 Å². The van der Waals surface area contributed by atoms with Crippen molar-refractivity contribution >= 4 is 15.5 Å². The van der Waals surface area contributed by atoms with Crippen LogP contribution in [0.2, 0.25) is 0 Å². The van der Waals surface area contributed by atoms with Crippen LogP contribution in [-0.4, -0.2) is 20.0 Å². The second-order valence-electron chi connectivity index (χ2n) is 3.90. The number of rotatable bonds is 4. The van der Waals surface area contributed by atoms with Crippen molar-refractivity contribution in [3.8, 4) is 12.3 Å². The molecule has 0 bridgehead atoms. The van der Waals surface area contributed by atoms with E-state index in [2.05, 4.69) is 11.2 Å². The number of alkyl halides is 3. The molecule has 0 fully saturated rings. The lowest BCUT2D eigenvalue weighted by molar-refractivity contribution is -0.0435.